The summed E-state index contributed by atoms with van der Waals surface area (Å²) >= 11 is 0. The van der Waals surface area contributed by atoms with Crippen LogP contribution >= 0.6 is 0 Å². The molecule has 0 fully saturated rings. The average molecular weight is 68.1 g/mol. The maximum atomic E-state index is 3.36. The van der Waals surface area contributed by atoms with Gasteiger partial charge >= 0.3 is 5.22 Å². The van der Waals surface area contributed by atoms with Gasteiger partial charge in [0, 0.05) is 0 Å². The van der Waals surface area contributed by atoms with Gasteiger partial charge in [0.2, 0.25) is 0 Å². The van der Waals surface area contributed by atoms with E-state index >= 15 is 0 Å². The summed E-state index contributed by atoms with van der Waals surface area (Å²) < 4.78 is 0. The molecule has 0 aromatic heterocycles. The Morgan fingerprint density at radius 3 is 3.20 bits per heavy atom. The van der Waals surface area contributed by atoms with Crippen molar-refractivity contribution in [1.29, 1.82) is 0 Å². The van der Waals surface area contributed by atoms with Crippen molar-refractivity contribution < 1.29 is 0 Å². The number of nitrogens with one attached hydrogen (secondary N) is 1. The van der Waals surface area contributed by atoms with Gasteiger partial charge in [0.1, 0.15) is 6.20 Å². The summed E-state index contributed by atoms with van der Waals surface area (Å²) in [6.45, 7) is 0. The first-order valence-corrected chi connectivity index (χ1v) is 1.22. The lowest BCUT2D eigenvalue weighted by atomic mass is 11.0. The average Bonchev–Trinajstić information content (AvgIpc) is 1.76. The lowest BCUT2D eigenvalue weighted by Gasteiger charge is -1.43. The van der Waals surface area contributed by atoms with E-state index in [0.29, 0.717) is 0 Å². The van der Waals surface area contributed by atoms with Gasteiger partial charge in [-0.15, -0.1) is 0 Å². The van der Waals surface area contributed by atoms with E-state index in [0.717, 1.165) is 0 Å². The Balaban J connectivity index is 2.61. The highest BCUT2D eigenvalue weighted by molar-refractivity contribution is 4.66. The minimum absolute atomic E-state index is 1.46. The van der Waals surface area contributed by atoms with E-state index in [9.17, 15) is 0 Å². The minimum atomic E-state index is 1.46. The van der Waals surface area contributed by atoms with Crippen molar-refractivity contribution in [3.8, 4) is 0 Å². The molecule has 0 amide bonds. The molecule has 0 aromatic carbocycles. The van der Waals surface area contributed by atoms with Crippen LogP contribution in [0.5, 0.6) is 0 Å². The SMILES string of the molecule is [C]1=CN=[N+]N1. The molecule has 0 bridgehead atoms. The fraction of sp³-hybridized carbons (Fsp3) is 0. The van der Waals surface area contributed by atoms with Crippen LogP contribution in [0.15, 0.2) is 11.3 Å². The van der Waals surface area contributed by atoms with Gasteiger partial charge in [-0.25, -0.2) is 0 Å². The summed E-state index contributed by atoms with van der Waals surface area (Å²) in [5, 5.41) is 6.65. The maximum Gasteiger partial charge on any atom is 0.330 e. The highest BCUT2D eigenvalue weighted by atomic mass is 15.4. The van der Waals surface area contributed by atoms with Gasteiger partial charge in [-0.1, -0.05) is 5.43 Å². The number of hydrogen-bond donors (Lipinski definition) is 1. The van der Waals surface area contributed by atoms with Crippen molar-refractivity contribution in [2.45, 2.75) is 0 Å². The fourth-order valence-corrected chi connectivity index (χ4v) is 0.144. The molecule has 3 heteroatoms. The summed E-state index contributed by atoms with van der Waals surface area (Å²) in [4.78, 5) is 0. The van der Waals surface area contributed by atoms with Crippen LogP contribution in [0.1, 0.15) is 0 Å². The second kappa shape index (κ2) is 0.839. The van der Waals surface area contributed by atoms with E-state index in [4.69, 9.17) is 0 Å². The number of rotatable bonds is 0. The molecule has 5 heavy (non-hydrogen) atoms. The van der Waals surface area contributed by atoms with Crippen LogP contribution < -0.4 is 10.6 Å². The van der Waals surface area contributed by atoms with Crippen molar-refractivity contribution in [3.63, 3.8) is 0 Å². The van der Waals surface area contributed by atoms with Crippen LogP contribution in [-0.2, 0) is 0 Å². The zero-order chi connectivity index (χ0) is 3.54. The largest absolute Gasteiger partial charge is 0.330 e. The molecule has 1 aliphatic heterocycles. The summed E-state index contributed by atoms with van der Waals surface area (Å²) in [5.41, 5.74) is 2.38. The first kappa shape index (κ1) is 2.38. The molecular formula is C2H2N3+. The Hall–Kier alpha value is -0.860. The van der Waals surface area contributed by atoms with Crippen LogP contribution in [0.3, 0.4) is 0 Å². The van der Waals surface area contributed by atoms with Crippen LogP contribution in [0.4, 0.5) is 0 Å². The van der Waals surface area contributed by atoms with Gasteiger partial charge in [-0.05, 0) is 0 Å². The quantitative estimate of drug-likeness (QED) is 0.411. The smallest absolute Gasteiger partial charge is 0.0669 e. The predicted molar refractivity (Wildman–Crippen MR) is 15.5 cm³/mol. The van der Waals surface area contributed by atoms with E-state index in [1.54, 1.807) is 0 Å². The summed E-state index contributed by atoms with van der Waals surface area (Å²) in [7, 11) is 0. The third-order valence-corrected chi connectivity index (χ3v) is 0.295. The van der Waals surface area contributed by atoms with Crippen LogP contribution in [-0.4, -0.2) is 0 Å². The molecule has 0 aromatic rings. The highest BCUT2D eigenvalue weighted by Gasteiger charge is 1.90. The third-order valence-electron chi connectivity index (χ3n) is 0.295. The van der Waals surface area contributed by atoms with E-state index in [1.165, 1.54) is 6.20 Å². The zero-order valence-corrected chi connectivity index (χ0v) is 2.47. The molecule has 0 saturated heterocycles. The number of nitrogens with zero attached hydrogens (tertiary/aromatic N) is 2. The van der Waals surface area contributed by atoms with E-state index in [2.05, 4.69) is 22.0 Å². The molecule has 0 spiro atoms. The van der Waals surface area contributed by atoms with Crippen molar-refractivity contribution in [3.05, 3.63) is 12.4 Å². The van der Waals surface area contributed by atoms with Gasteiger partial charge in [0.05, 0.1) is 5.11 Å². The minimum Gasteiger partial charge on any atom is -0.0669 e. The standard InChI is InChI=1S/C2H2N3/c1-2-4-5-3-1/h1H,(H,3,4)/q+1. The van der Waals surface area contributed by atoms with E-state index < -0.39 is 0 Å². The Morgan fingerprint density at radius 1 is 2.00 bits per heavy atom. The molecule has 3 nitrogen and oxygen atoms in total. The monoisotopic (exact) mass is 68.0 g/mol. The lowest BCUT2D eigenvalue weighted by Crippen LogP contribution is -1.98. The number of hydrogen-bond acceptors (Lipinski definition) is 3. The predicted octanol–water partition coefficient (Wildman–Crippen LogP) is -0.433. The lowest BCUT2D eigenvalue weighted by molar-refractivity contribution is 0.792. The molecule has 1 rings (SSSR count). The van der Waals surface area contributed by atoms with Crippen molar-refractivity contribution in [2.24, 2.45) is 5.11 Å². The van der Waals surface area contributed by atoms with Crippen molar-refractivity contribution >= 4 is 0 Å². The van der Waals surface area contributed by atoms with Crippen molar-refractivity contribution in [1.82, 2.24) is 10.6 Å². The molecule has 1 aliphatic rings. The van der Waals surface area contributed by atoms with E-state index in [-0.39, 0.29) is 0 Å². The molecule has 0 atom stereocenters. The van der Waals surface area contributed by atoms with Crippen molar-refractivity contribution in [2.75, 3.05) is 0 Å². The maximum absolute atomic E-state index is 3.36. The molecule has 0 saturated carbocycles. The van der Waals surface area contributed by atoms with Gasteiger partial charge in [-0.2, -0.15) is 0 Å². The Kier molecular flexibility index (Phi) is 0.400. The molecule has 2 radical (unpaired) electrons. The normalized spacial score (nSPS) is 16.0. The first-order valence-electron chi connectivity index (χ1n) is 1.22. The summed E-state index contributed by atoms with van der Waals surface area (Å²) in [6.07, 6.45) is 3.97. The summed E-state index contributed by atoms with van der Waals surface area (Å²) in [6, 6.07) is 0. The Morgan fingerprint density at radius 2 is 3.00 bits per heavy atom. The van der Waals surface area contributed by atoms with Crippen LogP contribution in [0.2, 0.25) is 0 Å². The Bertz CT molecular complexity index is 63.0. The molecule has 0 aliphatic carbocycles. The van der Waals surface area contributed by atoms with E-state index in [1.807, 2.05) is 0 Å². The summed E-state index contributed by atoms with van der Waals surface area (Å²) in [5.74, 6) is 0. The highest BCUT2D eigenvalue weighted by Crippen LogP contribution is 1.68. The van der Waals surface area contributed by atoms with Gasteiger partial charge in [0.15, 0.2) is 6.20 Å². The molecule has 1 N–H and O–H groups in total. The Labute approximate surface area is 29.4 Å². The van der Waals surface area contributed by atoms with Gasteiger partial charge in [-0.3, -0.25) is 0 Å². The second-order valence-electron chi connectivity index (χ2n) is 0.601. The first-order chi connectivity index (χ1) is 2.50. The fourth-order valence-electron chi connectivity index (χ4n) is 0.144. The molecular weight excluding hydrogens is 66.0 g/mol. The third kappa shape index (κ3) is 0.238. The zero-order valence-electron chi connectivity index (χ0n) is 2.47. The molecule has 1 heterocycles. The molecule has 0 unspecified atom stereocenters. The van der Waals surface area contributed by atoms with Gasteiger partial charge in [0.25, 0.3) is 0 Å². The van der Waals surface area contributed by atoms with Crippen LogP contribution in [0, 0.1) is 6.20 Å². The molecule has 24 valence electrons. The van der Waals surface area contributed by atoms with Crippen LogP contribution in [0.25, 0.3) is 0 Å². The topological polar surface area (TPSA) is 38.5 Å². The second-order valence-corrected chi connectivity index (χ2v) is 0.601. The van der Waals surface area contributed by atoms with Gasteiger partial charge < -0.3 is 0 Å².